The van der Waals surface area contributed by atoms with Crippen LogP contribution in [0.5, 0.6) is 0 Å². The number of carbonyl (C=O) groups excluding carboxylic acids is 1. The summed E-state index contributed by atoms with van der Waals surface area (Å²) in [4.78, 5) is 11.3. The molecule has 104 valence electrons. The Morgan fingerprint density at radius 1 is 1.32 bits per heavy atom. The van der Waals surface area contributed by atoms with E-state index in [-0.39, 0.29) is 5.78 Å². The predicted octanol–water partition coefficient (Wildman–Crippen LogP) is 3.85. The summed E-state index contributed by atoms with van der Waals surface area (Å²) in [5, 5.41) is 3.47. The van der Waals surface area contributed by atoms with Crippen LogP contribution in [-0.2, 0) is 0 Å². The number of rotatable bonds is 4. The molecule has 0 unspecified atom stereocenters. The third-order valence-corrected chi connectivity index (χ3v) is 4.21. The highest BCUT2D eigenvalue weighted by atomic mass is 16.1. The number of nitrogen functional groups attached to an aromatic ring is 1. The maximum atomic E-state index is 11.3. The van der Waals surface area contributed by atoms with Gasteiger partial charge in [-0.25, -0.2) is 0 Å². The third kappa shape index (κ3) is 3.49. The van der Waals surface area contributed by atoms with E-state index in [1.54, 1.807) is 6.92 Å². The molecular weight excluding hydrogens is 236 g/mol. The molecule has 3 nitrogen and oxygen atoms in total. The van der Waals surface area contributed by atoms with Gasteiger partial charge in [-0.15, -0.1) is 0 Å². The minimum absolute atomic E-state index is 0.0169. The normalized spacial score (nSPS) is 18.0. The molecule has 0 radical (unpaired) electrons. The van der Waals surface area contributed by atoms with Gasteiger partial charge in [0.25, 0.3) is 0 Å². The van der Waals surface area contributed by atoms with Gasteiger partial charge in [0.15, 0.2) is 5.78 Å². The number of benzene rings is 1. The van der Waals surface area contributed by atoms with Crippen molar-refractivity contribution < 1.29 is 4.79 Å². The van der Waals surface area contributed by atoms with Crippen molar-refractivity contribution in [1.29, 1.82) is 0 Å². The number of anilines is 2. The second kappa shape index (κ2) is 5.64. The van der Waals surface area contributed by atoms with E-state index in [0.717, 1.165) is 12.2 Å². The van der Waals surface area contributed by atoms with Gasteiger partial charge in [-0.05, 0) is 43.4 Å². The van der Waals surface area contributed by atoms with Crippen molar-refractivity contribution in [1.82, 2.24) is 0 Å². The van der Waals surface area contributed by atoms with Gasteiger partial charge in [-0.1, -0.05) is 26.2 Å². The van der Waals surface area contributed by atoms with E-state index in [1.165, 1.54) is 32.1 Å². The minimum Gasteiger partial charge on any atom is -0.398 e. The number of hydrogen-bond acceptors (Lipinski definition) is 3. The highest BCUT2D eigenvalue weighted by Crippen LogP contribution is 2.35. The Morgan fingerprint density at radius 3 is 2.58 bits per heavy atom. The van der Waals surface area contributed by atoms with Crippen molar-refractivity contribution in [3.05, 3.63) is 23.8 Å². The Balaban J connectivity index is 2.00. The molecular formula is C16H24N2O. The molecule has 0 spiro atoms. The summed E-state index contributed by atoms with van der Waals surface area (Å²) in [6, 6.07) is 5.62. The number of nitrogens with one attached hydrogen (secondary N) is 1. The van der Waals surface area contributed by atoms with Crippen molar-refractivity contribution in [3.8, 4) is 0 Å². The quantitative estimate of drug-likeness (QED) is 0.638. The van der Waals surface area contributed by atoms with Crippen LogP contribution in [0.3, 0.4) is 0 Å². The molecule has 0 amide bonds. The van der Waals surface area contributed by atoms with Crippen LogP contribution in [0.2, 0.25) is 0 Å². The van der Waals surface area contributed by atoms with Crippen LogP contribution in [0.1, 0.15) is 56.3 Å². The van der Waals surface area contributed by atoms with E-state index in [4.69, 9.17) is 5.73 Å². The van der Waals surface area contributed by atoms with Gasteiger partial charge < -0.3 is 11.1 Å². The summed E-state index contributed by atoms with van der Waals surface area (Å²) < 4.78 is 0. The van der Waals surface area contributed by atoms with E-state index in [1.807, 2.05) is 18.2 Å². The van der Waals surface area contributed by atoms with Crippen molar-refractivity contribution >= 4 is 17.2 Å². The molecule has 3 heteroatoms. The van der Waals surface area contributed by atoms with Crippen molar-refractivity contribution in [2.75, 3.05) is 17.6 Å². The first-order valence-corrected chi connectivity index (χ1v) is 7.15. The molecule has 1 aromatic carbocycles. The Morgan fingerprint density at radius 2 is 2.00 bits per heavy atom. The Bertz CT molecular complexity index is 462. The number of ketones is 1. The van der Waals surface area contributed by atoms with E-state index in [2.05, 4.69) is 12.2 Å². The van der Waals surface area contributed by atoms with Crippen molar-refractivity contribution in [2.45, 2.75) is 46.0 Å². The monoisotopic (exact) mass is 260 g/mol. The van der Waals surface area contributed by atoms with Gasteiger partial charge in [0.1, 0.15) is 0 Å². The largest absolute Gasteiger partial charge is 0.398 e. The van der Waals surface area contributed by atoms with E-state index in [9.17, 15) is 4.79 Å². The van der Waals surface area contributed by atoms with E-state index >= 15 is 0 Å². The van der Waals surface area contributed by atoms with Gasteiger partial charge in [0, 0.05) is 23.5 Å². The molecule has 0 atom stereocenters. The van der Waals surface area contributed by atoms with Crippen LogP contribution < -0.4 is 11.1 Å². The molecule has 0 aromatic heterocycles. The minimum atomic E-state index is 0.0169. The molecule has 1 saturated carbocycles. The average Bonchev–Trinajstić information content (AvgIpc) is 2.37. The molecule has 3 N–H and O–H groups in total. The van der Waals surface area contributed by atoms with Gasteiger partial charge >= 0.3 is 0 Å². The van der Waals surface area contributed by atoms with Gasteiger partial charge in [0.2, 0.25) is 0 Å². The second-order valence-corrected chi connectivity index (χ2v) is 6.08. The standard InChI is InChI=1S/C16H24N2O/c1-12(19)14-7-6-13(10-15(14)17)18-11-16(2)8-4-3-5-9-16/h6-7,10,18H,3-5,8-9,11,17H2,1-2H3. The first-order chi connectivity index (χ1) is 9.00. The highest BCUT2D eigenvalue weighted by Gasteiger charge is 2.26. The Hall–Kier alpha value is -1.51. The molecule has 0 heterocycles. The molecule has 0 bridgehead atoms. The maximum Gasteiger partial charge on any atom is 0.161 e. The van der Waals surface area contributed by atoms with E-state index in [0.29, 0.717) is 16.7 Å². The first kappa shape index (κ1) is 13.9. The lowest BCUT2D eigenvalue weighted by Crippen LogP contribution is -2.28. The summed E-state index contributed by atoms with van der Waals surface area (Å²) in [6.45, 7) is 4.88. The molecule has 19 heavy (non-hydrogen) atoms. The molecule has 1 aliphatic carbocycles. The topological polar surface area (TPSA) is 55.1 Å². The number of carbonyl (C=O) groups is 1. The molecule has 0 aliphatic heterocycles. The van der Waals surface area contributed by atoms with Gasteiger partial charge in [-0.3, -0.25) is 4.79 Å². The van der Waals surface area contributed by atoms with Crippen LogP contribution in [0, 0.1) is 5.41 Å². The zero-order valence-electron chi connectivity index (χ0n) is 12.0. The zero-order valence-corrected chi connectivity index (χ0v) is 12.0. The number of hydrogen-bond donors (Lipinski definition) is 2. The van der Waals surface area contributed by atoms with Gasteiger partial charge in [-0.2, -0.15) is 0 Å². The highest BCUT2D eigenvalue weighted by molar-refractivity contribution is 5.99. The van der Waals surface area contributed by atoms with Crippen LogP contribution in [0.15, 0.2) is 18.2 Å². The second-order valence-electron chi connectivity index (χ2n) is 6.08. The summed E-state index contributed by atoms with van der Waals surface area (Å²) in [7, 11) is 0. The molecule has 1 aromatic rings. The lowest BCUT2D eigenvalue weighted by Gasteiger charge is -2.34. The first-order valence-electron chi connectivity index (χ1n) is 7.15. The Kier molecular flexibility index (Phi) is 4.13. The number of nitrogens with two attached hydrogens (primary N) is 1. The molecule has 1 fully saturated rings. The summed E-state index contributed by atoms with van der Waals surface area (Å²) >= 11 is 0. The van der Waals surface area contributed by atoms with Crippen LogP contribution in [0.4, 0.5) is 11.4 Å². The molecule has 2 rings (SSSR count). The Labute approximate surface area is 115 Å². The van der Waals surface area contributed by atoms with Crippen molar-refractivity contribution in [2.24, 2.45) is 5.41 Å². The van der Waals surface area contributed by atoms with E-state index < -0.39 is 0 Å². The van der Waals surface area contributed by atoms with Crippen LogP contribution in [0.25, 0.3) is 0 Å². The predicted molar refractivity (Wildman–Crippen MR) is 80.5 cm³/mol. The SMILES string of the molecule is CC(=O)c1ccc(NCC2(C)CCCCC2)cc1N. The lowest BCUT2D eigenvalue weighted by atomic mass is 9.76. The number of Topliss-reactive ketones (excluding diaryl/α,β-unsaturated/α-hetero) is 1. The lowest BCUT2D eigenvalue weighted by molar-refractivity contribution is 0.101. The van der Waals surface area contributed by atoms with Crippen LogP contribution in [-0.4, -0.2) is 12.3 Å². The fraction of sp³-hybridized carbons (Fsp3) is 0.562. The smallest absolute Gasteiger partial charge is 0.161 e. The fourth-order valence-corrected chi connectivity index (χ4v) is 2.89. The molecule has 0 saturated heterocycles. The van der Waals surface area contributed by atoms with Gasteiger partial charge in [0.05, 0.1) is 0 Å². The van der Waals surface area contributed by atoms with Crippen molar-refractivity contribution in [3.63, 3.8) is 0 Å². The average molecular weight is 260 g/mol. The van der Waals surface area contributed by atoms with Crippen LogP contribution >= 0.6 is 0 Å². The third-order valence-electron chi connectivity index (χ3n) is 4.21. The summed E-state index contributed by atoms with van der Waals surface area (Å²) in [5.41, 5.74) is 8.47. The molecule has 1 aliphatic rings. The zero-order chi connectivity index (χ0) is 13.9. The fourth-order valence-electron chi connectivity index (χ4n) is 2.89. The maximum absolute atomic E-state index is 11.3. The summed E-state index contributed by atoms with van der Waals surface area (Å²) in [5.74, 6) is 0.0169. The summed E-state index contributed by atoms with van der Waals surface area (Å²) in [6.07, 6.45) is 6.63.